The number of ether oxygens (including phenoxy) is 1. The normalized spacial score (nSPS) is 23.6. The number of hydrogen-bond acceptors (Lipinski definition) is 4. The second-order valence-electron chi connectivity index (χ2n) is 4.07. The average Bonchev–Trinajstić information content (AvgIpc) is 2.29. The largest absolute Gasteiger partial charge is 0.374 e. The van der Waals surface area contributed by atoms with E-state index in [4.69, 9.17) is 10.5 Å². The second kappa shape index (κ2) is 7.17. The molecule has 4 nitrogen and oxygen atoms in total. The van der Waals surface area contributed by atoms with E-state index in [2.05, 4.69) is 23.6 Å². The molecule has 90 valence electrons. The minimum absolute atomic E-state index is 0.366. The van der Waals surface area contributed by atoms with Gasteiger partial charge in [-0.2, -0.15) is 0 Å². The van der Waals surface area contributed by atoms with Gasteiger partial charge in [-0.25, -0.2) is 0 Å². The molecule has 1 atom stereocenters. The van der Waals surface area contributed by atoms with Gasteiger partial charge in [0.25, 0.3) is 0 Å². The Morgan fingerprint density at radius 3 is 2.87 bits per heavy atom. The summed E-state index contributed by atoms with van der Waals surface area (Å²) in [5.74, 6) is 0. The first-order valence-electron chi connectivity index (χ1n) is 6.06. The fourth-order valence-electron chi connectivity index (χ4n) is 2.03. The summed E-state index contributed by atoms with van der Waals surface area (Å²) in [5, 5.41) is 0. The zero-order chi connectivity index (χ0) is 11.1. The molecule has 1 rings (SSSR count). The number of likely N-dealkylation sites (N-methyl/N-ethyl adjacent to an activating group) is 2. The third-order valence-electron chi connectivity index (χ3n) is 3.02. The minimum Gasteiger partial charge on any atom is -0.374 e. The van der Waals surface area contributed by atoms with Crippen molar-refractivity contribution in [1.29, 1.82) is 0 Å². The minimum atomic E-state index is 0.366. The molecule has 0 saturated carbocycles. The Kier molecular flexibility index (Phi) is 6.17. The third kappa shape index (κ3) is 4.47. The lowest BCUT2D eigenvalue weighted by Crippen LogP contribution is -2.48. The van der Waals surface area contributed by atoms with Gasteiger partial charge in [0.15, 0.2) is 0 Å². The lowest BCUT2D eigenvalue weighted by atomic mass is 10.2. The molecule has 1 aliphatic rings. The lowest BCUT2D eigenvalue weighted by Gasteiger charge is -2.34. The Morgan fingerprint density at radius 1 is 1.47 bits per heavy atom. The number of nitrogens with two attached hydrogens (primary N) is 1. The molecule has 0 aromatic carbocycles. The van der Waals surface area contributed by atoms with E-state index in [-0.39, 0.29) is 0 Å². The molecule has 1 heterocycles. The zero-order valence-electron chi connectivity index (χ0n) is 10.1. The predicted octanol–water partition coefficient (Wildman–Crippen LogP) is -0.0123. The van der Waals surface area contributed by atoms with E-state index in [1.165, 1.54) is 0 Å². The Labute approximate surface area is 93.4 Å². The lowest BCUT2D eigenvalue weighted by molar-refractivity contribution is -0.0408. The standard InChI is InChI=1S/C11H25N3O/c1-3-13(6-5-12)9-11-10-14(4-2)7-8-15-11/h11H,3-10,12H2,1-2H3. The summed E-state index contributed by atoms with van der Waals surface area (Å²) in [4.78, 5) is 4.81. The average molecular weight is 215 g/mol. The van der Waals surface area contributed by atoms with Crippen molar-refractivity contribution in [3.63, 3.8) is 0 Å². The molecule has 0 aliphatic carbocycles. The summed E-state index contributed by atoms with van der Waals surface area (Å²) in [5.41, 5.74) is 5.57. The Bertz CT molecular complexity index is 166. The fourth-order valence-corrected chi connectivity index (χ4v) is 2.03. The molecular weight excluding hydrogens is 190 g/mol. The van der Waals surface area contributed by atoms with Crippen LogP contribution in [0.5, 0.6) is 0 Å². The van der Waals surface area contributed by atoms with Gasteiger partial charge in [-0.3, -0.25) is 9.80 Å². The van der Waals surface area contributed by atoms with E-state index in [1.54, 1.807) is 0 Å². The summed E-state index contributed by atoms with van der Waals surface area (Å²) in [6, 6.07) is 0. The van der Waals surface area contributed by atoms with Crippen LogP contribution in [0.25, 0.3) is 0 Å². The van der Waals surface area contributed by atoms with Gasteiger partial charge in [0, 0.05) is 32.7 Å². The number of nitrogens with zero attached hydrogens (tertiary/aromatic N) is 2. The summed E-state index contributed by atoms with van der Waals surface area (Å²) < 4.78 is 5.76. The smallest absolute Gasteiger partial charge is 0.0829 e. The van der Waals surface area contributed by atoms with E-state index in [9.17, 15) is 0 Å². The predicted molar refractivity (Wildman–Crippen MR) is 63.0 cm³/mol. The first-order valence-corrected chi connectivity index (χ1v) is 6.06. The summed E-state index contributed by atoms with van der Waals surface area (Å²) in [7, 11) is 0. The van der Waals surface area contributed by atoms with Gasteiger partial charge in [0.1, 0.15) is 0 Å². The van der Waals surface area contributed by atoms with E-state index in [0.717, 1.165) is 52.4 Å². The van der Waals surface area contributed by atoms with Crippen LogP contribution in [0, 0.1) is 0 Å². The SMILES string of the molecule is CCN(CCN)CC1CN(CC)CCO1. The van der Waals surface area contributed by atoms with Gasteiger partial charge in [-0.15, -0.1) is 0 Å². The van der Waals surface area contributed by atoms with E-state index >= 15 is 0 Å². The molecule has 0 aromatic heterocycles. The molecule has 0 spiro atoms. The van der Waals surface area contributed by atoms with Crippen molar-refractivity contribution in [2.24, 2.45) is 5.73 Å². The van der Waals surface area contributed by atoms with Crippen molar-refractivity contribution in [2.45, 2.75) is 20.0 Å². The second-order valence-corrected chi connectivity index (χ2v) is 4.07. The van der Waals surface area contributed by atoms with Gasteiger partial charge >= 0.3 is 0 Å². The molecule has 0 amide bonds. The van der Waals surface area contributed by atoms with Crippen LogP contribution < -0.4 is 5.73 Å². The van der Waals surface area contributed by atoms with Crippen molar-refractivity contribution in [3.8, 4) is 0 Å². The molecule has 0 aromatic rings. The highest BCUT2D eigenvalue weighted by Gasteiger charge is 2.20. The summed E-state index contributed by atoms with van der Waals surface area (Å²) in [6.07, 6.45) is 0.366. The molecule has 4 heteroatoms. The first kappa shape index (κ1) is 12.9. The van der Waals surface area contributed by atoms with Gasteiger partial charge in [0.2, 0.25) is 0 Å². The third-order valence-corrected chi connectivity index (χ3v) is 3.02. The maximum absolute atomic E-state index is 5.76. The number of rotatable bonds is 6. The van der Waals surface area contributed by atoms with Crippen molar-refractivity contribution >= 4 is 0 Å². The summed E-state index contributed by atoms with van der Waals surface area (Å²) in [6.45, 7) is 12.3. The van der Waals surface area contributed by atoms with Crippen LogP contribution in [-0.2, 0) is 4.74 Å². The van der Waals surface area contributed by atoms with Gasteiger partial charge in [0.05, 0.1) is 12.7 Å². The summed E-state index contributed by atoms with van der Waals surface area (Å²) >= 11 is 0. The van der Waals surface area contributed by atoms with E-state index in [1.807, 2.05) is 0 Å². The topological polar surface area (TPSA) is 41.7 Å². The highest BCUT2D eigenvalue weighted by Crippen LogP contribution is 2.06. The van der Waals surface area contributed by atoms with Crippen LogP contribution in [0.15, 0.2) is 0 Å². The highest BCUT2D eigenvalue weighted by atomic mass is 16.5. The first-order chi connectivity index (χ1) is 7.30. The van der Waals surface area contributed by atoms with Crippen molar-refractivity contribution in [2.75, 3.05) is 52.4 Å². The molecule has 2 N–H and O–H groups in total. The Morgan fingerprint density at radius 2 is 2.27 bits per heavy atom. The van der Waals surface area contributed by atoms with Gasteiger partial charge in [-0.05, 0) is 13.1 Å². The van der Waals surface area contributed by atoms with E-state index in [0.29, 0.717) is 6.10 Å². The van der Waals surface area contributed by atoms with Gasteiger partial charge < -0.3 is 10.5 Å². The van der Waals surface area contributed by atoms with Crippen LogP contribution in [0.4, 0.5) is 0 Å². The molecule has 1 aliphatic heterocycles. The number of hydrogen-bond donors (Lipinski definition) is 1. The van der Waals surface area contributed by atoms with Crippen LogP contribution in [0.2, 0.25) is 0 Å². The quantitative estimate of drug-likeness (QED) is 0.676. The van der Waals surface area contributed by atoms with Crippen molar-refractivity contribution in [1.82, 2.24) is 9.80 Å². The van der Waals surface area contributed by atoms with Crippen LogP contribution in [0.1, 0.15) is 13.8 Å². The maximum atomic E-state index is 5.76. The van der Waals surface area contributed by atoms with Crippen molar-refractivity contribution < 1.29 is 4.74 Å². The van der Waals surface area contributed by atoms with E-state index < -0.39 is 0 Å². The van der Waals surface area contributed by atoms with Crippen LogP contribution in [-0.4, -0.2) is 68.3 Å². The molecule has 1 saturated heterocycles. The maximum Gasteiger partial charge on any atom is 0.0829 e. The Hall–Kier alpha value is -0.160. The van der Waals surface area contributed by atoms with Crippen LogP contribution in [0.3, 0.4) is 0 Å². The number of morpholine rings is 1. The molecule has 1 unspecified atom stereocenters. The molecule has 1 fully saturated rings. The monoisotopic (exact) mass is 215 g/mol. The molecule has 0 bridgehead atoms. The fraction of sp³-hybridized carbons (Fsp3) is 1.00. The highest BCUT2D eigenvalue weighted by molar-refractivity contribution is 4.74. The van der Waals surface area contributed by atoms with Crippen molar-refractivity contribution in [3.05, 3.63) is 0 Å². The zero-order valence-corrected chi connectivity index (χ0v) is 10.1. The van der Waals surface area contributed by atoms with Crippen LogP contribution >= 0.6 is 0 Å². The molecular formula is C11H25N3O. The Balaban J connectivity index is 2.29. The molecule has 0 radical (unpaired) electrons. The molecule has 15 heavy (non-hydrogen) atoms. The van der Waals surface area contributed by atoms with Gasteiger partial charge in [-0.1, -0.05) is 13.8 Å².